The Labute approximate surface area is 664 Å². The number of halogens is 5. The lowest BCUT2D eigenvalue weighted by atomic mass is 9.84. The number of fused-ring (bicyclic) bond motifs is 1. The number of nitrogens with one attached hydrogen (secondary N) is 18. The predicted octanol–water partition coefficient (Wildman–Crippen LogP) is 0.0211. The van der Waals surface area contributed by atoms with E-state index in [0.29, 0.717) is 39.8 Å². The van der Waals surface area contributed by atoms with E-state index in [1.54, 1.807) is 60.7 Å². The smallest absolute Gasteiger partial charge is 0.326 e. The van der Waals surface area contributed by atoms with E-state index in [1.807, 2.05) is 0 Å². The van der Waals surface area contributed by atoms with Gasteiger partial charge in [-0.05, 0) is 106 Å². The van der Waals surface area contributed by atoms with E-state index in [-0.39, 0.29) is 108 Å². The Bertz CT molecular complexity index is 4250. The SMILES string of the molecule is N=C(N)NCCC[C@@H](N)C(=O)N[C@H](CCCNC(=N)N)C(=O)N[C@H](CCCNC(=N)N)C(=O)N(C(=O)c1ccccc1)[C@H](Cc1ccccc1)C(=O)N[C@H](CCCNC(=N)N)C(=O)N[C@H](Cc1c[nH]c2ccccc12)C(=O)N[C@H](CCCNC(=N)N)C(=O)N[C@H](Cc1c(F)c(F)c(F)c(F)c1F)C(=O)N[C@H](CC1CCCCC1)C(=O)O. The third kappa shape index (κ3) is 29.4. The van der Waals surface area contributed by atoms with Gasteiger partial charge in [-0.15, -0.1) is 0 Å². The van der Waals surface area contributed by atoms with Crippen molar-refractivity contribution in [3.05, 3.63) is 142 Å². The van der Waals surface area contributed by atoms with E-state index in [2.05, 4.69) is 68.8 Å². The second-order valence-corrected chi connectivity index (χ2v) is 27.9. The van der Waals surface area contributed by atoms with Crippen LogP contribution in [-0.4, -0.2) is 191 Å². The third-order valence-corrected chi connectivity index (χ3v) is 19.1. The van der Waals surface area contributed by atoms with Crippen LogP contribution >= 0.6 is 0 Å². The van der Waals surface area contributed by atoms with Crippen LogP contribution in [0.1, 0.15) is 130 Å². The maximum atomic E-state index is 16.0. The molecule has 1 aliphatic carbocycles. The number of amides is 9. The van der Waals surface area contributed by atoms with Crippen LogP contribution in [0.5, 0.6) is 0 Å². The molecule has 0 unspecified atom stereocenters. The number of H-pyrrole nitrogens is 1. The predicted molar refractivity (Wildman–Crippen MR) is 420 cm³/mol. The average molecular weight is 1630 g/mol. The Balaban J connectivity index is 1.45. The van der Waals surface area contributed by atoms with Crippen LogP contribution in [0.2, 0.25) is 0 Å². The van der Waals surface area contributed by atoms with Gasteiger partial charge in [0.1, 0.15) is 48.3 Å². The molecule has 36 nitrogen and oxygen atoms in total. The van der Waals surface area contributed by atoms with Crippen molar-refractivity contribution in [2.75, 3.05) is 32.7 Å². The van der Waals surface area contributed by atoms with E-state index in [4.69, 9.17) is 61.4 Å². The van der Waals surface area contributed by atoms with Crippen LogP contribution in [0.25, 0.3) is 10.9 Å². The number of aliphatic carboxylic acids is 1. The Morgan fingerprint density at radius 1 is 0.440 bits per heavy atom. The van der Waals surface area contributed by atoms with Crippen molar-refractivity contribution in [2.24, 2.45) is 40.3 Å². The number of imide groups is 1. The van der Waals surface area contributed by atoms with E-state index in [0.717, 1.165) is 19.3 Å². The molecule has 41 heteroatoms. The van der Waals surface area contributed by atoms with Crippen LogP contribution in [-0.2, 0) is 62.4 Å². The van der Waals surface area contributed by atoms with Gasteiger partial charge < -0.3 is 108 Å². The lowest BCUT2D eigenvalue weighted by molar-refractivity contribution is -0.143. The zero-order valence-corrected chi connectivity index (χ0v) is 63.7. The van der Waals surface area contributed by atoms with Gasteiger partial charge in [0, 0.05) is 80.2 Å². The number of carboxylic acids is 1. The first-order valence-electron chi connectivity index (χ1n) is 37.8. The quantitative estimate of drug-likeness (QED) is 0.00610. The summed E-state index contributed by atoms with van der Waals surface area (Å²) in [7, 11) is 0. The number of guanidine groups is 5. The number of nitrogens with zero attached hydrogens (tertiary/aromatic N) is 1. The number of rotatable bonds is 46. The first-order valence-corrected chi connectivity index (χ1v) is 37.8. The summed E-state index contributed by atoms with van der Waals surface area (Å²) in [5.41, 5.74) is 33.5. The Morgan fingerprint density at radius 2 is 0.819 bits per heavy atom. The van der Waals surface area contributed by atoms with E-state index in [9.17, 15) is 42.3 Å². The monoisotopic (exact) mass is 1630 g/mol. The highest BCUT2D eigenvalue weighted by atomic mass is 19.2. The van der Waals surface area contributed by atoms with Crippen LogP contribution in [0.3, 0.4) is 0 Å². The minimum absolute atomic E-state index is 0.0236. The summed E-state index contributed by atoms with van der Waals surface area (Å²) in [6.45, 7) is -0.206. The molecule has 1 aliphatic rings. The van der Waals surface area contributed by atoms with Crippen molar-refractivity contribution in [3.63, 3.8) is 0 Å². The molecular weight excluding hydrogens is 1520 g/mol. The molecule has 630 valence electrons. The van der Waals surface area contributed by atoms with Gasteiger partial charge in [0.25, 0.3) is 11.8 Å². The number of nitrogens with two attached hydrogens (primary N) is 6. The van der Waals surface area contributed by atoms with Crippen molar-refractivity contribution in [1.82, 2.24) is 73.7 Å². The van der Waals surface area contributed by atoms with E-state index in [1.165, 1.54) is 30.5 Å². The number of hydrogen-bond donors (Lipinski definition) is 25. The van der Waals surface area contributed by atoms with Crippen molar-refractivity contribution < 1.29 is 75.0 Å². The largest absolute Gasteiger partial charge is 0.480 e. The molecule has 1 aromatic heterocycles. The molecule has 1 fully saturated rings. The molecule has 0 saturated heterocycles. The minimum Gasteiger partial charge on any atom is -0.480 e. The zero-order valence-electron chi connectivity index (χ0n) is 63.7. The first kappa shape index (κ1) is 92.2. The van der Waals surface area contributed by atoms with Gasteiger partial charge in [-0.2, -0.15) is 0 Å². The fourth-order valence-corrected chi connectivity index (χ4v) is 13.1. The molecule has 31 N–H and O–H groups in total. The maximum absolute atomic E-state index is 16.0. The van der Waals surface area contributed by atoms with Gasteiger partial charge in [0.05, 0.1) is 6.04 Å². The summed E-state index contributed by atoms with van der Waals surface area (Å²) < 4.78 is 75.6. The van der Waals surface area contributed by atoms with Gasteiger partial charge in [-0.25, -0.2) is 26.7 Å². The molecule has 1 saturated carbocycles. The maximum Gasteiger partial charge on any atom is 0.326 e. The molecule has 0 aliphatic heterocycles. The van der Waals surface area contributed by atoms with Gasteiger partial charge >= 0.3 is 5.97 Å². The van der Waals surface area contributed by atoms with Crippen molar-refractivity contribution in [3.8, 4) is 0 Å². The highest BCUT2D eigenvalue weighted by Gasteiger charge is 2.43. The molecule has 4 aromatic carbocycles. The Kier molecular flexibility index (Phi) is 36.9. The highest BCUT2D eigenvalue weighted by Crippen LogP contribution is 2.29. The zero-order chi connectivity index (χ0) is 85.1. The lowest BCUT2D eigenvalue weighted by Gasteiger charge is -2.34. The summed E-state index contributed by atoms with van der Waals surface area (Å²) in [4.78, 5) is 153. The van der Waals surface area contributed by atoms with Crippen LogP contribution in [0.4, 0.5) is 22.0 Å². The number of aromatic nitrogens is 1. The van der Waals surface area contributed by atoms with E-state index >= 15 is 32.8 Å². The Morgan fingerprint density at radius 3 is 1.29 bits per heavy atom. The second kappa shape index (κ2) is 46.5. The molecule has 0 radical (unpaired) electrons. The summed E-state index contributed by atoms with van der Waals surface area (Å²) in [6, 6.07) is 5.75. The molecule has 5 aromatic rings. The van der Waals surface area contributed by atoms with Crippen LogP contribution < -0.4 is 98.2 Å². The molecule has 116 heavy (non-hydrogen) atoms. The van der Waals surface area contributed by atoms with Crippen molar-refractivity contribution in [2.45, 2.75) is 176 Å². The van der Waals surface area contributed by atoms with Gasteiger partial charge in [0.15, 0.2) is 53.1 Å². The topological polar surface area (TPSA) is 630 Å². The summed E-state index contributed by atoms with van der Waals surface area (Å²) >= 11 is 0. The summed E-state index contributed by atoms with van der Waals surface area (Å²) in [5.74, 6) is -26.7. The normalized spacial score (nSPS) is 14.3. The van der Waals surface area contributed by atoms with E-state index < -0.39 is 204 Å². The van der Waals surface area contributed by atoms with Crippen molar-refractivity contribution >= 4 is 99.8 Å². The standard InChI is InChI=1S/C75H104F5N25O11/c76-56-45(57(77)59(79)60(80)58(56)78)38-53(66(111)104-54(70(115)116)35-40-17-4-1-5-18-40)103-63(108)49(27-14-32-94-73(86)87)99-65(110)52(37-43-39-97-47-25-11-10-23-44(43)47)102-64(109)50(28-15-33-95-74(88)89)100-67(112)55(36-41-19-6-2-7-20-41)105(68(113)42-21-8-3-9-22-42)69(114)51(29-16-34-96-75(90)91)101-62(107)48(26-13-31-93-72(84)85)98-61(106)46(81)24-12-30-92-71(82)83/h2-3,6-11,19-23,25,39-40,46,48-55,97H,1,4-5,12-18,24,26-38,81H2,(H,98,106)(H,99,110)(H,100,112)(H,101,107)(H,102,109)(H,103,108)(H,104,111)(H,115,116)(H4,82,83,92)(H4,84,85,93)(H4,86,87,94)(H4,88,89,95)(H4,90,91,96)/t46-,48-,49-,50-,51-,52-,53-,54-,55-/m1/s1. The van der Waals surface area contributed by atoms with Crippen LogP contribution in [0, 0.1) is 62.1 Å². The highest BCUT2D eigenvalue weighted by molar-refractivity contribution is 6.10. The molecule has 1 heterocycles. The second-order valence-electron chi connectivity index (χ2n) is 27.9. The third-order valence-electron chi connectivity index (χ3n) is 19.1. The fourth-order valence-electron chi connectivity index (χ4n) is 13.1. The Hall–Kier alpha value is -12.7. The molecular formula is C75H104F5N25O11. The number of carbonyl (C=O) groups is 10. The molecule has 0 spiro atoms. The average Bonchev–Trinajstić information content (AvgIpc) is 0.953. The number of hydrogen-bond acceptors (Lipinski definition) is 16. The summed E-state index contributed by atoms with van der Waals surface area (Å²) in [6.07, 6.45) is 1.02. The lowest BCUT2D eigenvalue weighted by Crippen LogP contribution is -2.62. The minimum atomic E-state index is -2.55. The molecule has 6 rings (SSSR count). The number of carbonyl (C=O) groups excluding carboxylic acids is 9. The molecule has 9 amide bonds. The number of carboxylic acid groups (broad SMARTS) is 1. The van der Waals surface area contributed by atoms with Gasteiger partial charge in [-0.3, -0.25) is 75.1 Å². The number of para-hydroxylation sites is 1. The first-order chi connectivity index (χ1) is 55.2. The van der Waals surface area contributed by atoms with Gasteiger partial charge in [0.2, 0.25) is 47.2 Å². The number of aromatic amines is 1. The summed E-state index contributed by atoms with van der Waals surface area (Å²) in [5, 5.41) is 80.0. The van der Waals surface area contributed by atoms with Gasteiger partial charge in [-0.1, -0.05) is 98.8 Å². The molecule has 0 bridgehead atoms. The molecule has 9 atom stereocenters. The van der Waals surface area contributed by atoms with Crippen LogP contribution in [0.15, 0.2) is 91.1 Å². The fraction of sp³-hybridized carbons (Fsp3) is 0.453. The number of benzene rings is 4. The van der Waals surface area contributed by atoms with Crippen molar-refractivity contribution in [1.29, 1.82) is 27.0 Å².